The zero-order valence-electron chi connectivity index (χ0n) is 17.3. The maximum absolute atomic E-state index is 11.9. The van der Waals surface area contributed by atoms with Crippen molar-refractivity contribution in [2.45, 2.75) is 44.9 Å². The highest BCUT2D eigenvalue weighted by atomic mass is 32.2. The van der Waals surface area contributed by atoms with Crippen molar-refractivity contribution in [1.82, 2.24) is 10.2 Å². The predicted molar refractivity (Wildman–Crippen MR) is 124 cm³/mol. The van der Waals surface area contributed by atoms with Gasteiger partial charge in [0.2, 0.25) is 5.91 Å². The molecule has 4 nitrogen and oxygen atoms in total. The molecule has 1 aromatic carbocycles. The molecule has 0 saturated carbocycles. The van der Waals surface area contributed by atoms with Gasteiger partial charge in [0.05, 0.1) is 12.4 Å². The number of thiophene rings is 1. The Morgan fingerprint density at radius 3 is 2.86 bits per heavy atom. The van der Waals surface area contributed by atoms with Gasteiger partial charge in [-0.1, -0.05) is 18.6 Å². The Labute approximate surface area is 183 Å². The predicted octanol–water partition coefficient (Wildman–Crippen LogP) is 4.86. The first-order chi connectivity index (χ1) is 14.2. The molecule has 6 heteroatoms. The average Bonchev–Trinajstić information content (AvgIpc) is 3.14. The number of piperidine rings is 1. The van der Waals surface area contributed by atoms with Crippen molar-refractivity contribution in [2.24, 2.45) is 0 Å². The van der Waals surface area contributed by atoms with Crippen LogP contribution in [0.2, 0.25) is 0 Å². The topological polar surface area (TPSA) is 41.6 Å². The number of rotatable bonds is 11. The van der Waals surface area contributed by atoms with Gasteiger partial charge < -0.3 is 10.1 Å². The number of ether oxygens (including phenoxy) is 1. The Hall–Kier alpha value is -1.50. The van der Waals surface area contributed by atoms with Crippen LogP contribution in [-0.2, 0) is 17.1 Å². The van der Waals surface area contributed by atoms with Crippen LogP contribution >= 0.6 is 23.1 Å². The second-order valence-corrected chi connectivity index (χ2v) is 9.90. The molecule has 0 unspecified atom stereocenters. The van der Waals surface area contributed by atoms with E-state index in [4.69, 9.17) is 4.74 Å². The molecular formula is C23H32N2O2S2. The molecule has 0 radical (unpaired) electrons. The first-order valence-electron chi connectivity index (χ1n) is 10.5. The van der Waals surface area contributed by atoms with E-state index in [0.29, 0.717) is 18.9 Å². The van der Waals surface area contributed by atoms with Crippen LogP contribution in [0.25, 0.3) is 0 Å². The molecule has 0 atom stereocenters. The molecule has 1 saturated heterocycles. The monoisotopic (exact) mass is 432 g/mol. The minimum Gasteiger partial charge on any atom is -0.494 e. The van der Waals surface area contributed by atoms with E-state index in [9.17, 15) is 4.79 Å². The summed E-state index contributed by atoms with van der Waals surface area (Å²) in [5.74, 6) is 2.44. The van der Waals surface area contributed by atoms with Crippen LogP contribution in [0, 0.1) is 6.92 Å². The second-order valence-electron chi connectivity index (χ2n) is 7.54. The summed E-state index contributed by atoms with van der Waals surface area (Å²) >= 11 is 3.47. The molecule has 3 rings (SSSR count). The van der Waals surface area contributed by atoms with Crippen molar-refractivity contribution in [3.63, 3.8) is 0 Å². The van der Waals surface area contributed by atoms with Gasteiger partial charge in [0, 0.05) is 28.6 Å². The third-order valence-electron chi connectivity index (χ3n) is 4.94. The van der Waals surface area contributed by atoms with E-state index in [-0.39, 0.29) is 5.91 Å². The fourth-order valence-electron chi connectivity index (χ4n) is 3.46. The fourth-order valence-corrected chi connectivity index (χ4v) is 5.32. The van der Waals surface area contributed by atoms with E-state index in [1.807, 2.05) is 6.07 Å². The highest BCUT2D eigenvalue weighted by molar-refractivity contribution is 7.99. The smallest absolute Gasteiger partial charge is 0.230 e. The van der Waals surface area contributed by atoms with Gasteiger partial charge in [-0.05, 0) is 69.1 Å². The number of likely N-dealkylation sites (tertiary alicyclic amines) is 1. The lowest BCUT2D eigenvalue weighted by Crippen LogP contribution is -2.29. The molecule has 0 bridgehead atoms. The van der Waals surface area contributed by atoms with Crippen LogP contribution in [0.15, 0.2) is 36.4 Å². The van der Waals surface area contributed by atoms with Crippen LogP contribution in [0.4, 0.5) is 0 Å². The van der Waals surface area contributed by atoms with Crippen molar-refractivity contribution >= 4 is 29.0 Å². The average molecular weight is 433 g/mol. The maximum atomic E-state index is 11.9. The van der Waals surface area contributed by atoms with Gasteiger partial charge in [0.15, 0.2) is 0 Å². The maximum Gasteiger partial charge on any atom is 0.230 e. The zero-order valence-corrected chi connectivity index (χ0v) is 19.0. The van der Waals surface area contributed by atoms with Gasteiger partial charge in [-0.25, -0.2) is 0 Å². The Morgan fingerprint density at radius 2 is 2.07 bits per heavy atom. The van der Waals surface area contributed by atoms with E-state index in [2.05, 4.69) is 47.5 Å². The van der Waals surface area contributed by atoms with Gasteiger partial charge in [-0.15, -0.1) is 23.1 Å². The van der Waals surface area contributed by atoms with E-state index in [0.717, 1.165) is 24.5 Å². The summed E-state index contributed by atoms with van der Waals surface area (Å²) < 4.78 is 5.89. The number of hydrogen-bond donors (Lipinski definition) is 1. The molecule has 0 aliphatic carbocycles. The van der Waals surface area contributed by atoms with Crippen LogP contribution in [0.5, 0.6) is 5.75 Å². The van der Waals surface area contributed by atoms with Gasteiger partial charge in [-0.3, -0.25) is 9.69 Å². The van der Waals surface area contributed by atoms with Crippen LogP contribution < -0.4 is 10.1 Å². The summed E-state index contributed by atoms with van der Waals surface area (Å²) in [6.45, 7) is 6.81. The Kier molecular flexibility index (Phi) is 9.38. The molecule has 1 fully saturated rings. The number of aryl methyl sites for hydroxylation is 1. The fraction of sp³-hybridized carbons (Fsp3) is 0.522. The van der Waals surface area contributed by atoms with Crippen LogP contribution in [0.1, 0.15) is 41.0 Å². The Bertz CT molecular complexity index is 757. The number of carbonyl (C=O) groups is 1. The van der Waals surface area contributed by atoms with E-state index < -0.39 is 0 Å². The highest BCUT2D eigenvalue weighted by Gasteiger charge is 2.10. The number of amides is 1. The highest BCUT2D eigenvalue weighted by Crippen LogP contribution is 2.20. The number of carbonyl (C=O) groups excluding carboxylic acids is 1. The lowest BCUT2D eigenvalue weighted by atomic mass is 10.1. The quantitative estimate of drug-likeness (QED) is 0.515. The number of benzene rings is 1. The second kappa shape index (κ2) is 12.3. The van der Waals surface area contributed by atoms with Crippen molar-refractivity contribution < 1.29 is 9.53 Å². The Morgan fingerprint density at radius 1 is 1.21 bits per heavy atom. The molecule has 2 heterocycles. The lowest BCUT2D eigenvalue weighted by molar-refractivity contribution is -0.118. The van der Waals surface area contributed by atoms with Crippen molar-refractivity contribution in [3.8, 4) is 5.75 Å². The van der Waals surface area contributed by atoms with Gasteiger partial charge in [0.25, 0.3) is 0 Å². The normalized spacial score (nSPS) is 14.7. The van der Waals surface area contributed by atoms with Crippen molar-refractivity contribution in [1.29, 1.82) is 0 Å². The van der Waals surface area contributed by atoms with Crippen molar-refractivity contribution in [3.05, 3.63) is 51.7 Å². The third kappa shape index (κ3) is 8.41. The third-order valence-corrected chi connectivity index (χ3v) is 7.10. The number of hydrogen-bond acceptors (Lipinski definition) is 5. The van der Waals surface area contributed by atoms with Crippen LogP contribution in [-0.4, -0.2) is 42.8 Å². The minimum absolute atomic E-state index is 0.104. The SMILES string of the molecule is Cc1ccc(CSCC(=O)NCCCOc2cccc(CN3CCCCC3)c2)s1. The summed E-state index contributed by atoms with van der Waals surface area (Å²) in [6, 6.07) is 12.7. The Balaban J connectivity index is 1.26. The molecule has 2 aromatic rings. The molecular weight excluding hydrogens is 400 g/mol. The standard InChI is InChI=1S/C23H32N2O2S2/c1-19-9-10-22(29-19)17-28-18-23(26)24-11-6-14-27-21-8-5-7-20(15-21)16-25-12-3-2-4-13-25/h5,7-10,15H,2-4,6,11-14,16-18H2,1H3,(H,24,26). The summed E-state index contributed by atoms with van der Waals surface area (Å²) in [5, 5.41) is 2.98. The molecule has 1 amide bonds. The van der Waals surface area contributed by atoms with Gasteiger partial charge in [0.1, 0.15) is 5.75 Å². The van der Waals surface area contributed by atoms with E-state index >= 15 is 0 Å². The first kappa shape index (κ1) is 22.2. The molecule has 1 N–H and O–H groups in total. The lowest BCUT2D eigenvalue weighted by Gasteiger charge is -2.26. The molecule has 0 spiro atoms. The van der Waals surface area contributed by atoms with Crippen molar-refractivity contribution in [2.75, 3.05) is 32.0 Å². The number of nitrogens with zero attached hydrogens (tertiary/aromatic N) is 1. The van der Waals surface area contributed by atoms with Gasteiger partial charge in [-0.2, -0.15) is 0 Å². The van der Waals surface area contributed by atoms with E-state index in [1.54, 1.807) is 23.1 Å². The molecule has 1 aliphatic rings. The summed E-state index contributed by atoms with van der Waals surface area (Å²) in [7, 11) is 0. The largest absolute Gasteiger partial charge is 0.494 e. The zero-order chi connectivity index (χ0) is 20.3. The van der Waals surface area contributed by atoms with Crippen LogP contribution in [0.3, 0.4) is 0 Å². The molecule has 1 aromatic heterocycles. The molecule has 158 valence electrons. The molecule has 29 heavy (non-hydrogen) atoms. The summed E-state index contributed by atoms with van der Waals surface area (Å²) in [5.41, 5.74) is 1.32. The number of nitrogens with one attached hydrogen (secondary N) is 1. The molecule has 1 aliphatic heterocycles. The first-order valence-corrected chi connectivity index (χ1v) is 12.5. The summed E-state index contributed by atoms with van der Waals surface area (Å²) in [4.78, 5) is 17.1. The number of thioether (sulfide) groups is 1. The van der Waals surface area contributed by atoms with Gasteiger partial charge >= 0.3 is 0 Å². The summed E-state index contributed by atoms with van der Waals surface area (Å²) in [6.07, 6.45) is 4.81. The minimum atomic E-state index is 0.104. The van der Waals surface area contributed by atoms with E-state index in [1.165, 1.54) is 47.7 Å².